The molecule has 1 aromatic heterocycles. The van der Waals surface area contributed by atoms with Crippen LogP contribution in [-0.4, -0.2) is 57.8 Å². The van der Waals surface area contributed by atoms with Gasteiger partial charge < -0.3 is 15.4 Å². The maximum absolute atomic E-state index is 11.7. The van der Waals surface area contributed by atoms with Gasteiger partial charge in [-0.3, -0.25) is 14.5 Å². The van der Waals surface area contributed by atoms with Crippen molar-refractivity contribution in [2.75, 3.05) is 26.2 Å². The van der Waals surface area contributed by atoms with Crippen molar-refractivity contribution >= 4 is 11.8 Å². The van der Waals surface area contributed by atoms with E-state index in [0.29, 0.717) is 30.8 Å². The van der Waals surface area contributed by atoms with Crippen molar-refractivity contribution in [1.29, 1.82) is 0 Å². The molecule has 0 saturated carbocycles. The molecule has 4 rings (SSSR count). The maximum atomic E-state index is 11.7. The van der Waals surface area contributed by atoms with Gasteiger partial charge in [-0.15, -0.1) is 0 Å². The van der Waals surface area contributed by atoms with Crippen molar-refractivity contribution in [2.45, 2.75) is 51.6 Å². The van der Waals surface area contributed by atoms with Crippen LogP contribution in [0.15, 0.2) is 30.5 Å². The molecule has 3 heterocycles. The summed E-state index contributed by atoms with van der Waals surface area (Å²) in [5.41, 5.74) is 7.60. The molecule has 2 aromatic rings. The Kier molecular flexibility index (Phi) is 6.99. The fourth-order valence-electron chi connectivity index (χ4n) is 4.50. The first-order chi connectivity index (χ1) is 15.5. The molecule has 8 heteroatoms. The first kappa shape index (κ1) is 22.2. The van der Waals surface area contributed by atoms with Gasteiger partial charge >= 0.3 is 0 Å². The van der Waals surface area contributed by atoms with Crippen molar-refractivity contribution < 1.29 is 14.3 Å². The zero-order valence-corrected chi connectivity index (χ0v) is 18.6. The molecule has 170 valence electrons. The van der Waals surface area contributed by atoms with Gasteiger partial charge in [-0.25, -0.2) is 9.97 Å². The molecule has 0 bridgehead atoms. The van der Waals surface area contributed by atoms with Crippen LogP contribution < -0.4 is 10.5 Å². The number of nitrogens with zero attached hydrogens (tertiary/aromatic N) is 4. The van der Waals surface area contributed by atoms with Crippen LogP contribution in [0.25, 0.3) is 0 Å². The zero-order valence-electron chi connectivity index (χ0n) is 18.6. The number of carbonyl (C=O) groups is 2. The number of aryl methyl sites for hydroxylation is 1. The van der Waals surface area contributed by atoms with Crippen LogP contribution in [0.1, 0.15) is 65.6 Å². The van der Waals surface area contributed by atoms with Crippen LogP contribution >= 0.6 is 0 Å². The summed E-state index contributed by atoms with van der Waals surface area (Å²) in [6, 6.07) is 8.28. The summed E-state index contributed by atoms with van der Waals surface area (Å²) in [6.45, 7) is 5.57. The molecule has 8 nitrogen and oxygen atoms in total. The van der Waals surface area contributed by atoms with E-state index in [1.807, 2.05) is 17.0 Å². The number of primary amides is 1. The number of benzene rings is 1. The fraction of sp³-hybridized carbons (Fsp3) is 0.500. The number of ether oxygens (including phenoxy) is 1. The Morgan fingerprint density at radius 3 is 2.69 bits per heavy atom. The first-order valence-electron chi connectivity index (χ1n) is 11.4. The summed E-state index contributed by atoms with van der Waals surface area (Å²) in [6.07, 6.45) is 6.43. The molecule has 2 fully saturated rings. The number of aromatic nitrogens is 2. The van der Waals surface area contributed by atoms with Gasteiger partial charge in [0, 0.05) is 25.7 Å². The maximum Gasteiger partial charge on any atom is 0.252 e. The Balaban J connectivity index is 1.36. The van der Waals surface area contributed by atoms with E-state index in [4.69, 9.17) is 10.5 Å². The average molecular weight is 438 g/mol. The van der Waals surface area contributed by atoms with E-state index in [9.17, 15) is 9.59 Å². The fourth-order valence-corrected chi connectivity index (χ4v) is 4.50. The number of carbonyl (C=O) groups excluding carboxylic acids is 2. The molecule has 1 aromatic carbocycles. The molecule has 2 saturated heterocycles. The third-order valence-electron chi connectivity index (χ3n) is 6.29. The topological polar surface area (TPSA) is 102 Å². The van der Waals surface area contributed by atoms with E-state index >= 15 is 0 Å². The Labute approximate surface area is 188 Å². The van der Waals surface area contributed by atoms with Gasteiger partial charge in [0.1, 0.15) is 18.2 Å². The van der Waals surface area contributed by atoms with Crippen molar-refractivity contribution in [2.24, 2.45) is 5.73 Å². The molecule has 2 amide bonds. The first-order valence-corrected chi connectivity index (χ1v) is 11.4. The third-order valence-corrected chi connectivity index (χ3v) is 6.29. The highest BCUT2D eigenvalue weighted by Gasteiger charge is 2.27. The Hall–Kier alpha value is -3.00. The van der Waals surface area contributed by atoms with Crippen LogP contribution in [0.2, 0.25) is 0 Å². The minimum atomic E-state index is -0.496. The third kappa shape index (κ3) is 5.24. The van der Waals surface area contributed by atoms with E-state index in [0.717, 1.165) is 56.9 Å². The molecule has 0 unspecified atom stereocenters. The number of hydrogen-bond acceptors (Lipinski definition) is 6. The summed E-state index contributed by atoms with van der Waals surface area (Å²) in [4.78, 5) is 36.5. The van der Waals surface area contributed by atoms with Gasteiger partial charge in [0.2, 0.25) is 5.91 Å². The van der Waals surface area contributed by atoms with E-state index in [1.165, 1.54) is 5.56 Å². The number of nitrogens with two attached hydrogens (primary N) is 1. The second-order valence-electron chi connectivity index (χ2n) is 8.55. The van der Waals surface area contributed by atoms with Crippen molar-refractivity contribution in [3.8, 4) is 5.75 Å². The Morgan fingerprint density at radius 1 is 1.19 bits per heavy atom. The monoisotopic (exact) mass is 437 g/mol. The van der Waals surface area contributed by atoms with Crippen LogP contribution in [0, 0.1) is 6.92 Å². The molecular weight excluding hydrogens is 406 g/mol. The number of amides is 2. The van der Waals surface area contributed by atoms with Crippen molar-refractivity contribution in [3.05, 3.63) is 53.1 Å². The second-order valence-corrected chi connectivity index (χ2v) is 8.55. The van der Waals surface area contributed by atoms with Crippen LogP contribution in [-0.2, 0) is 11.3 Å². The molecular formula is C24H31N5O3. The van der Waals surface area contributed by atoms with Crippen molar-refractivity contribution in [1.82, 2.24) is 19.8 Å². The summed E-state index contributed by atoms with van der Waals surface area (Å²) in [5.74, 6) is 1.30. The van der Waals surface area contributed by atoms with Gasteiger partial charge in [-0.2, -0.15) is 0 Å². The number of likely N-dealkylation sites (tertiary alicyclic amines) is 2. The minimum Gasteiger partial charge on any atom is -0.492 e. The van der Waals surface area contributed by atoms with Crippen LogP contribution in [0.4, 0.5) is 0 Å². The molecule has 0 radical (unpaired) electrons. The number of rotatable bonds is 8. The lowest BCUT2D eigenvalue weighted by atomic mass is 10.00. The zero-order chi connectivity index (χ0) is 22.5. The number of piperidine rings is 1. The SMILES string of the molecule is Cc1nc([C@H]2CCCCN2Cc2ccc(OCCN3CCCC3=O)cc2)ncc1C(N)=O. The predicted molar refractivity (Wildman–Crippen MR) is 120 cm³/mol. The quantitative estimate of drug-likeness (QED) is 0.681. The molecule has 0 spiro atoms. The minimum absolute atomic E-state index is 0.123. The second kappa shape index (κ2) is 10.1. The number of hydrogen-bond donors (Lipinski definition) is 1. The van der Waals surface area contributed by atoms with Crippen LogP contribution in [0.5, 0.6) is 5.75 Å². The summed E-state index contributed by atoms with van der Waals surface area (Å²) in [5, 5.41) is 0. The smallest absolute Gasteiger partial charge is 0.252 e. The highest BCUT2D eigenvalue weighted by molar-refractivity contribution is 5.93. The lowest BCUT2D eigenvalue weighted by Gasteiger charge is -2.34. The lowest BCUT2D eigenvalue weighted by Crippen LogP contribution is -2.34. The van der Waals surface area contributed by atoms with Gasteiger partial charge in [0.15, 0.2) is 0 Å². The molecule has 2 aliphatic rings. The molecule has 0 aliphatic carbocycles. The highest BCUT2D eigenvalue weighted by atomic mass is 16.5. The van der Waals surface area contributed by atoms with Crippen molar-refractivity contribution in [3.63, 3.8) is 0 Å². The lowest BCUT2D eigenvalue weighted by molar-refractivity contribution is -0.128. The van der Waals surface area contributed by atoms with E-state index in [-0.39, 0.29) is 11.9 Å². The standard InChI is InChI=1S/C24H31N5O3/c1-17-20(23(25)31)15-26-24(27-17)21-5-2-3-11-29(21)16-18-7-9-19(10-8-18)32-14-13-28-12-4-6-22(28)30/h7-10,15,21H,2-6,11-14,16H2,1H3,(H2,25,31)/t21-/m1/s1. The predicted octanol–water partition coefficient (Wildman–Crippen LogP) is 2.61. The van der Waals surface area contributed by atoms with E-state index in [2.05, 4.69) is 27.0 Å². The van der Waals surface area contributed by atoms with Gasteiger partial charge in [0.05, 0.1) is 23.8 Å². The van der Waals surface area contributed by atoms with E-state index in [1.54, 1.807) is 13.1 Å². The molecule has 2 aliphatic heterocycles. The summed E-state index contributed by atoms with van der Waals surface area (Å²) < 4.78 is 5.83. The van der Waals surface area contributed by atoms with Gasteiger partial charge in [-0.05, 0) is 50.4 Å². The largest absolute Gasteiger partial charge is 0.492 e. The Morgan fingerprint density at radius 2 is 2.00 bits per heavy atom. The van der Waals surface area contributed by atoms with Gasteiger partial charge in [0.25, 0.3) is 5.91 Å². The van der Waals surface area contributed by atoms with E-state index < -0.39 is 5.91 Å². The molecule has 2 N–H and O–H groups in total. The highest BCUT2D eigenvalue weighted by Crippen LogP contribution is 2.30. The summed E-state index contributed by atoms with van der Waals surface area (Å²) in [7, 11) is 0. The normalized spacial score (nSPS) is 19.3. The summed E-state index contributed by atoms with van der Waals surface area (Å²) >= 11 is 0. The molecule has 1 atom stereocenters. The van der Waals surface area contributed by atoms with Gasteiger partial charge in [-0.1, -0.05) is 18.6 Å². The Bertz CT molecular complexity index is 963. The molecule has 32 heavy (non-hydrogen) atoms. The average Bonchev–Trinajstić information content (AvgIpc) is 3.19. The van der Waals surface area contributed by atoms with Crippen LogP contribution in [0.3, 0.4) is 0 Å².